The van der Waals surface area contributed by atoms with Gasteiger partial charge in [-0.3, -0.25) is 4.79 Å². The normalized spacial score (nSPS) is 17.2. The zero-order valence-electron chi connectivity index (χ0n) is 14.0. The van der Waals surface area contributed by atoms with Crippen LogP contribution in [0.4, 0.5) is 10.5 Å². The minimum absolute atomic E-state index is 0.00593. The fourth-order valence-corrected chi connectivity index (χ4v) is 2.62. The first-order valence-electron chi connectivity index (χ1n) is 8.11. The summed E-state index contributed by atoms with van der Waals surface area (Å²) in [7, 11) is 0. The van der Waals surface area contributed by atoms with Crippen LogP contribution in [0.5, 0.6) is 5.75 Å². The summed E-state index contributed by atoms with van der Waals surface area (Å²) in [5, 5.41) is 2.67. The van der Waals surface area contributed by atoms with Crippen LogP contribution in [0, 0.1) is 6.92 Å². The number of anilines is 1. The number of carbonyl (C=O) groups excluding carboxylic acids is 2. The molecule has 1 unspecified atom stereocenters. The Morgan fingerprint density at radius 3 is 2.80 bits per heavy atom. The molecule has 6 heteroatoms. The van der Waals surface area contributed by atoms with Crippen molar-refractivity contribution in [3.8, 4) is 5.75 Å². The van der Waals surface area contributed by atoms with E-state index in [9.17, 15) is 9.59 Å². The Morgan fingerprint density at radius 2 is 2.04 bits per heavy atom. The van der Waals surface area contributed by atoms with Crippen molar-refractivity contribution in [2.24, 2.45) is 0 Å². The number of rotatable bonds is 4. The Kier molecular flexibility index (Phi) is 5.30. The molecule has 2 aromatic rings. The number of ether oxygens (including phenoxy) is 2. The van der Waals surface area contributed by atoms with E-state index in [1.807, 2.05) is 37.3 Å². The van der Waals surface area contributed by atoms with E-state index in [-0.39, 0.29) is 25.2 Å². The molecule has 3 rings (SSSR count). The Labute approximate surface area is 146 Å². The topological polar surface area (TPSA) is 67.9 Å². The standard InChI is InChI=1S/C19H20N2O4/c1-14-6-5-7-15(10-14)21-12-17(24-13-18(21)22)11-20-19(23)25-16-8-3-2-4-9-16/h2-10,17H,11-13H2,1H3,(H,20,23). The van der Waals surface area contributed by atoms with E-state index in [1.165, 1.54) is 0 Å². The zero-order valence-corrected chi connectivity index (χ0v) is 14.0. The van der Waals surface area contributed by atoms with Gasteiger partial charge in [0.2, 0.25) is 0 Å². The number of hydrogen-bond donors (Lipinski definition) is 1. The number of benzene rings is 2. The lowest BCUT2D eigenvalue weighted by Crippen LogP contribution is -2.51. The van der Waals surface area contributed by atoms with Crippen molar-refractivity contribution >= 4 is 17.7 Å². The highest BCUT2D eigenvalue weighted by atomic mass is 16.6. The van der Waals surface area contributed by atoms with Crippen LogP contribution in [-0.4, -0.2) is 37.8 Å². The van der Waals surface area contributed by atoms with Crippen LogP contribution in [0.25, 0.3) is 0 Å². The molecule has 1 saturated heterocycles. The summed E-state index contributed by atoms with van der Waals surface area (Å²) in [6.45, 7) is 2.62. The minimum atomic E-state index is -0.547. The van der Waals surface area contributed by atoms with Gasteiger partial charge in [-0.25, -0.2) is 4.79 Å². The van der Waals surface area contributed by atoms with Crippen LogP contribution in [-0.2, 0) is 9.53 Å². The maximum atomic E-state index is 12.1. The summed E-state index contributed by atoms with van der Waals surface area (Å²) in [5.41, 5.74) is 1.92. The first kappa shape index (κ1) is 17.0. The average Bonchev–Trinajstić information content (AvgIpc) is 2.62. The molecule has 0 bridgehead atoms. The number of hydrogen-bond acceptors (Lipinski definition) is 4. The summed E-state index contributed by atoms with van der Waals surface area (Å²) in [6.07, 6.45) is -0.838. The molecule has 0 spiro atoms. The van der Waals surface area contributed by atoms with E-state index in [4.69, 9.17) is 9.47 Å². The molecule has 6 nitrogen and oxygen atoms in total. The summed E-state index contributed by atoms with van der Waals surface area (Å²) in [4.78, 5) is 25.7. The molecule has 0 aliphatic carbocycles. The molecule has 0 radical (unpaired) electrons. The van der Waals surface area contributed by atoms with Gasteiger partial charge in [-0.05, 0) is 36.8 Å². The number of carbonyl (C=O) groups is 2. The molecule has 1 aliphatic rings. The smallest absolute Gasteiger partial charge is 0.410 e. The molecule has 1 fully saturated rings. The van der Waals surface area contributed by atoms with E-state index < -0.39 is 6.09 Å². The number of nitrogens with one attached hydrogen (secondary N) is 1. The number of aryl methyl sites for hydroxylation is 1. The van der Waals surface area contributed by atoms with Crippen LogP contribution in [0.15, 0.2) is 54.6 Å². The predicted octanol–water partition coefficient (Wildman–Crippen LogP) is 2.52. The molecular formula is C19H20N2O4. The third-order valence-electron chi connectivity index (χ3n) is 3.87. The number of morpholine rings is 1. The van der Waals surface area contributed by atoms with Gasteiger partial charge in [-0.15, -0.1) is 0 Å². The van der Waals surface area contributed by atoms with Gasteiger partial charge in [0.1, 0.15) is 12.4 Å². The highest BCUT2D eigenvalue weighted by Gasteiger charge is 2.27. The molecule has 1 aliphatic heterocycles. The Morgan fingerprint density at radius 1 is 1.24 bits per heavy atom. The van der Waals surface area contributed by atoms with Crippen molar-refractivity contribution in [3.05, 3.63) is 60.2 Å². The lowest BCUT2D eigenvalue weighted by molar-refractivity contribution is -0.129. The second-order valence-corrected chi connectivity index (χ2v) is 5.86. The Balaban J connectivity index is 1.55. The lowest BCUT2D eigenvalue weighted by Gasteiger charge is -2.33. The molecule has 1 heterocycles. The molecule has 1 N–H and O–H groups in total. The molecule has 2 amide bonds. The fraction of sp³-hybridized carbons (Fsp3) is 0.263. The van der Waals surface area contributed by atoms with E-state index in [0.717, 1.165) is 11.3 Å². The first-order chi connectivity index (χ1) is 12.1. The maximum absolute atomic E-state index is 12.1. The van der Waals surface area contributed by atoms with Gasteiger partial charge in [-0.1, -0.05) is 30.3 Å². The molecule has 25 heavy (non-hydrogen) atoms. The van der Waals surface area contributed by atoms with Gasteiger partial charge in [0.05, 0.1) is 12.6 Å². The van der Waals surface area contributed by atoms with E-state index in [0.29, 0.717) is 12.3 Å². The molecule has 0 aromatic heterocycles. The summed E-state index contributed by atoms with van der Waals surface area (Å²) < 4.78 is 10.7. The number of nitrogens with zero attached hydrogens (tertiary/aromatic N) is 1. The van der Waals surface area contributed by atoms with E-state index >= 15 is 0 Å². The van der Waals surface area contributed by atoms with Crippen molar-refractivity contribution in [2.45, 2.75) is 13.0 Å². The maximum Gasteiger partial charge on any atom is 0.412 e. The van der Waals surface area contributed by atoms with Crippen molar-refractivity contribution in [1.29, 1.82) is 0 Å². The monoisotopic (exact) mass is 340 g/mol. The third kappa shape index (κ3) is 4.58. The van der Waals surface area contributed by atoms with Crippen LogP contribution >= 0.6 is 0 Å². The Bertz CT molecular complexity index is 748. The van der Waals surface area contributed by atoms with Crippen molar-refractivity contribution in [1.82, 2.24) is 5.32 Å². The van der Waals surface area contributed by atoms with E-state index in [1.54, 1.807) is 29.2 Å². The van der Waals surface area contributed by atoms with Crippen LogP contribution < -0.4 is 15.0 Å². The summed E-state index contributed by atoms with van der Waals surface area (Å²) in [6, 6.07) is 16.6. The van der Waals surface area contributed by atoms with Crippen LogP contribution in [0.1, 0.15) is 5.56 Å². The highest BCUT2D eigenvalue weighted by Crippen LogP contribution is 2.19. The molecule has 130 valence electrons. The fourth-order valence-electron chi connectivity index (χ4n) is 2.62. The minimum Gasteiger partial charge on any atom is -0.410 e. The predicted molar refractivity (Wildman–Crippen MR) is 93.7 cm³/mol. The quantitative estimate of drug-likeness (QED) is 0.929. The van der Waals surface area contributed by atoms with Gasteiger partial charge in [0.15, 0.2) is 0 Å². The molecule has 1 atom stereocenters. The zero-order chi connectivity index (χ0) is 17.6. The number of amides is 2. The number of para-hydroxylation sites is 1. The second kappa shape index (κ2) is 7.81. The van der Waals surface area contributed by atoms with Gasteiger partial charge < -0.3 is 19.7 Å². The molecule has 0 saturated carbocycles. The molecule has 2 aromatic carbocycles. The van der Waals surface area contributed by atoms with Crippen LogP contribution in [0.2, 0.25) is 0 Å². The largest absolute Gasteiger partial charge is 0.412 e. The lowest BCUT2D eigenvalue weighted by atomic mass is 10.1. The average molecular weight is 340 g/mol. The van der Waals surface area contributed by atoms with Crippen LogP contribution in [0.3, 0.4) is 0 Å². The van der Waals surface area contributed by atoms with Gasteiger partial charge in [-0.2, -0.15) is 0 Å². The van der Waals surface area contributed by atoms with E-state index in [2.05, 4.69) is 5.32 Å². The first-order valence-corrected chi connectivity index (χ1v) is 8.11. The van der Waals surface area contributed by atoms with Gasteiger partial charge >= 0.3 is 6.09 Å². The SMILES string of the molecule is Cc1cccc(N2CC(CNC(=O)Oc3ccccc3)OCC2=O)c1. The Hall–Kier alpha value is -2.86. The second-order valence-electron chi connectivity index (χ2n) is 5.86. The van der Waals surface area contributed by atoms with Gasteiger partial charge in [0, 0.05) is 12.2 Å². The summed E-state index contributed by atoms with van der Waals surface area (Å²) in [5.74, 6) is 0.384. The van der Waals surface area contributed by atoms with Crippen molar-refractivity contribution in [2.75, 3.05) is 24.6 Å². The van der Waals surface area contributed by atoms with Gasteiger partial charge in [0.25, 0.3) is 5.91 Å². The van der Waals surface area contributed by atoms with Crippen molar-refractivity contribution < 1.29 is 19.1 Å². The highest BCUT2D eigenvalue weighted by molar-refractivity contribution is 5.95. The van der Waals surface area contributed by atoms with Crippen molar-refractivity contribution in [3.63, 3.8) is 0 Å². The third-order valence-corrected chi connectivity index (χ3v) is 3.87. The summed E-state index contributed by atoms with van der Waals surface area (Å²) >= 11 is 0. The molecular weight excluding hydrogens is 320 g/mol.